The Morgan fingerprint density at radius 3 is 0.682 bits per heavy atom. The maximum absolute atomic E-state index is 10.5. The van der Waals surface area contributed by atoms with Crippen molar-refractivity contribution in [1.29, 1.82) is 0 Å². The van der Waals surface area contributed by atoms with Crippen molar-refractivity contribution in [3.63, 3.8) is 0 Å². The second kappa shape index (κ2) is 72.4. The minimum atomic E-state index is -4.05. The standard InChI is InChI=1S/C23H36O6S2.C15H24O4S.C14H22O4S.C13H20O4S.C12H18O4S.C9H12O4S.C8H10O4S/c1-19-10-11-20(28-12-6-2-4-8-14-30-17-22(24)25)21(16-19)29-13-7-3-5-9-15-31-18-23(26)27;1-14-8-10-15(11-9-14)19-12-6-4-2-3-5-7-13-20(16,17)18;1-13-7-9-14(10-8-13)18-11-5-3-2-4-6-12-19(15,16)17;1-12-6-8-13(9-7-12)17-10-4-2-3-5-11-18(14,15)16;1-11-5-7-12(8-6-11)16-9-3-2-4-10-17(13,14)15;1-8-2-4-9(5-3-8)13-6-7-14(10,11)12;1-7-2-4-8(5-3-7)12-6-13(9,10)11/h10-11,16H,2-9,12-15,17-18H2,1H3,(H,24,25)(H,26,27);8-11H,2-7,12-13H2,1H3,(H,16,17,18);7-10H,2-6,11-12H2,1H3,(H,15,16,17);6-9H,2-5,10-11H2,1H3,(H,14,15,16);5-8H,2-4,9-10H2,1H3,(H,13,14,15);2-5H,6-7H2,1H3,(H,10,11,12);2-5H,6H2,1H3,(H,9,10,11). The molecule has 0 aliphatic carbocycles. The number of rotatable bonds is 61. The summed E-state index contributed by atoms with van der Waals surface area (Å²) in [7, 11) is -23.2. The van der Waals surface area contributed by atoms with Gasteiger partial charge in [-0.15, -0.1) is 0 Å². The Balaban J connectivity index is 0.000000784. The summed E-state index contributed by atoms with van der Waals surface area (Å²) in [6.07, 6.45) is 23.2. The normalized spacial score (nSPS) is 11.2. The lowest BCUT2D eigenvalue weighted by Gasteiger charge is -2.13. The molecule has 0 aliphatic rings. The van der Waals surface area contributed by atoms with Gasteiger partial charge in [-0.2, -0.15) is 74.0 Å². The van der Waals surface area contributed by atoms with Gasteiger partial charge in [0.05, 0.1) is 74.2 Å². The lowest BCUT2D eigenvalue weighted by atomic mass is 10.1. The third-order valence-electron chi connectivity index (χ3n) is 18.3. The summed E-state index contributed by atoms with van der Waals surface area (Å²) in [6, 6.07) is 51.7. The first-order valence-corrected chi connectivity index (χ1v) is 56.1. The molecule has 0 fully saturated rings. The third kappa shape index (κ3) is 81.6. The van der Waals surface area contributed by atoms with Crippen LogP contribution in [0.2, 0.25) is 0 Å². The number of hydrogen-bond donors (Lipinski definition) is 8. The number of ether oxygens (including phenoxy) is 8. The fraction of sp³-hybridized carbons (Fsp3) is 0.532. The van der Waals surface area contributed by atoms with Crippen LogP contribution in [0.15, 0.2) is 164 Å². The first-order valence-electron chi connectivity index (χ1n) is 44.2. The van der Waals surface area contributed by atoms with Crippen LogP contribution in [-0.4, -0.2) is 204 Å². The summed E-state index contributed by atoms with van der Waals surface area (Å²) >= 11 is 2.94. The van der Waals surface area contributed by atoms with Crippen LogP contribution in [0.4, 0.5) is 0 Å². The van der Waals surface area contributed by atoms with Gasteiger partial charge in [0.15, 0.2) is 11.5 Å². The average molecular weight is 2010 g/mol. The molecular weight excluding hydrogens is 1870 g/mol. The Labute approximate surface area is 794 Å². The summed E-state index contributed by atoms with van der Waals surface area (Å²) < 4.78 is 220. The van der Waals surface area contributed by atoms with E-state index < -0.39 is 78.6 Å². The fourth-order valence-corrected chi connectivity index (χ4v) is 15.4. The fourth-order valence-electron chi connectivity index (χ4n) is 11.1. The lowest BCUT2D eigenvalue weighted by Crippen LogP contribution is -2.12. The number of carboxylic acids is 2. The molecule has 7 rings (SSSR count). The van der Waals surface area contributed by atoms with Gasteiger partial charge in [-0.05, 0) is 234 Å². The number of hydrogen-bond acceptors (Lipinski definition) is 24. The molecule has 0 radical (unpaired) electrons. The van der Waals surface area contributed by atoms with Gasteiger partial charge in [0.2, 0.25) is 5.94 Å². The van der Waals surface area contributed by atoms with Crippen molar-refractivity contribution in [3.05, 3.63) is 203 Å². The van der Waals surface area contributed by atoms with E-state index in [2.05, 4.69) is 0 Å². The van der Waals surface area contributed by atoms with E-state index in [1.165, 1.54) is 45.8 Å². The average Bonchev–Trinajstić information content (AvgIpc) is 0.865. The molecule has 38 heteroatoms. The van der Waals surface area contributed by atoms with E-state index in [0.717, 1.165) is 204 Å². The number of carbonyl (C=O) groups is 2. The van der Waals surface area contributed by atoms with Gasteiger partial charge >= 0.3 is 22.1 Å². The summed E-state index contributed by atoms with van der Waals surface area (Å²) in [4.78, 5) is 20.9. The highest BCUT2D eigenvalue weighted by atomic mass is 32.2. The van der Waals surface area contributed by atoms with E-state index in [-0.39, 0.29) is 46.9 Å². The predicted molar refractivity (Wildman–Crippen MR) is 526 cm³/mol. The molecule has 0 atom stereocenters. The molecule has 0 aliphatic heterocycles. The SMILES string of the molecule is Cc1ccc(OCCCCCCCCS(=O)(=O)O)cc1.Cc1ccc(OCCCCCCCS(=O)(=O)O)cc1.Cc1ccc(OCCCCCCS(=O)(=O)O)cc1.Cc1ccc(OCCCCCCSCC(=O)O)c(OCCCCCCSCC(=O)O)c1.Cc1ccc(OCCCCCS(=O)(=O)O)cc1.Cc1ccc(OCCS(=O)(=O)O)cc1.Cc1ccc(OCS(=O)(=O)O)cc1. The molecule has 30 nitrogen and oxygen atoms in total. The zero-order valence-electron chi connectivity index (χ0n) is 77.3. The molecular formula is C94H142O30S8. The number of unbranched alkanes of at least 4 members (excludes halogenated alkanes) is 20. The minimum absolute atomic E-state index is 0.0398. The van der Waals surface area contributed by atoms with Gasteiger partial charge in [-0.1, -0.05) is 196 Å². The molecule has 0 aromatic heterocycles. The second-order valence-corrected chi connectivity index (χ2v) is 42.6. The van der Waals surface area contributed by atoms with E-state index >= 15 is 0 Å². The van der Waals surface area contributed by atoms with E-state index in [0.29, 0.717) is 76.8 Å². The van der Waals surface area contributed by atoms with E-state index in [1.54, 1.807) is 36.4 Å². The third-order valence-corrected chi connectivity index (χ3v) is 24.7. The quantitative estimate of drug-likeness (QED) is 0.0130. The smallest absolute Gasteiger partial charge is 0.313 e. The van der Waals surface area contributed by atoms with Crippen molar-refractivity contribution in [3.8, 4) is 46.0 Å². The van der Waals surface area contributed by atoms with Gasteiger partial charge in [0.25, 0.3) is 50.6 Å². The first-order chi connectivity index (χ1) is 62.3. The Bertz CT molecular complexity index is 4900. The molecule has 0 unspecified atom stereocenters. The topological polar surface area (TPSA) is 475 Å². The second-order valence-electron chi connectivity index (χ2n) is 31.1. The monoisotopic (exact) mass is 2010 g/mol. The van der Waals surface area contributed by atoms with Crippen LogP contribution >= 0.6 is 23.5 Å². The molecule has 0 spiro atoms. The highest BCUT2D eigenvalue weighted by Crippen LogP contribution is 2.30. The maximum atomic E-state index is 10.5. The van der Waals surface area contributed by atoms with Crippen molar-refractivity contribution >= 4 is 96.2 Å². The summed E-state index contributed by atoms with van der Waals surface area (Å²) in [5.41, 5.74) is 8.12. The number of aryl methyl sites for hydroxylation is 7. The van der Waals surface area contributed by atoms with E-state index in [4.69, 9.17) is 75.4 Å². The number of carboxylic acid groups (broad SMARTS) is 2. The first kappa shape index (κ1) is 122. The highest BCUT2D eigenvalue weighted by Gasteiger charge is 2.12. The van der Waals surface area contributed by atoms with Crippen molar-refractivity contribution in [2.24, 2.45) is 0 Å². The van der Waals surface area contributed by atoms with E-state index in [1.807, 2.05) is 176 Å². The van der Waals surface area contributed by atoms with Crippen LogP contribution in [0, 0.1) is 48.5 Å². The Kier molecular flexibility index (Phi) is 67.0. The van der Waals surface area contributed by atoms with Crippen molar-refractivity contribution in [1.82, 2.24) is 0 Å². The molecule has 0 heterocycles. The summed E-state index contributed by atoms with van der Waals surface area (Å²) in [5, 5.41) is 17.2. The van der Waals surface area contributed by atoms with Crippen LogP contribution in [0.5, 0.6) is 46.0 Å². The number of benzene rings is 7. The molecule has 0 saturated carbocycles. The van der Waals surface area contributed by atoms with Gasteiger partial charge in [-0.25, -0.2) is 0 Å². The molecule has 8 N–H and O–H groups in total. The summed E-state index contributed by atoms with van der Waals surface area (Å²) in [5.74, 6) is 5.06. The molecule has 0 amide bonds. The van der Waals surface area contributed by atoms with Gasteiger partial charge < -0.3 is 48.1 Å². The van der Waals surface area contributed by atoms with Crippen LogP contribution in [-0.2, 0) is 70.3 Å². The molecule has 132 heavy (non-hydrogen) atoms. The maximum Gasteiger partial charge on any atom is 0.313 e. The molecule has 746 valence electrons. The Morgan fingerprint density at radius 2 is 0.432 bits per heavy atom. The minimum Gasteiger partial charge on any atom is -0.494 e. The number of thioether (sulfide) groups is 2. The van der Waals surface area contributed by atoms with Crippen molar-refractivity contribution < 1.29 is 136 Å². The van der Waals surface area contributed by atoms with Gasteiger partial charge in [-0.3, -0.25) is 36.9 Å². The highest BCUT2D eigenvalue weighted by molar-refractivity contribution is 8.00. The van der Waals surface area contributed by atoms with E-state index in [9.17, 15) is 60.1 Å². The largest absolute Gasteiger partial charge is 0.494 e. The van der Waals surface area contributed by atoms with Crippen LogP contribution in [0.25, 0.3) is 0 Å². The van der Waals surface area contributed by atoms with Crippen LogP contribution in [0.1, 0.15) is 206 Å². The van der Waals surface area contributed by atoms with Gasteiger partial charge in [0.1, 0.15) is 46.9 Å². The molecule has 0 bridgehead atoms. The Hall–Kier alpha value is -7.96. The zero-order chi connectivity index (χ0) is 98.4. The van der Waals surface area contributed by atoms with Gasteiger partial charge in [0, 0.05) is 0 Å². The number of aliphatic carboxylic acids is 2. The lowest BCUT2D eigenvalue weighted by molar-refractivity contribution is -0.134. The predicted octanol–water partition coefficient (Wildman–Crippen LogP) is 20.1. The Morgan fingerprint density at radius 1 is 0.227 bits per heavy atom. The van der Waals surface area contributed by atoms with Crippen molar-refractivity contribution in [2.45, 2.75) is 215 Å². The molecule has 0 saturated heterocycles. The molecule has 7 aromatic carbocycles. The van der Waals surface area contributed by atoms with Crippen LogP contribution < -0.4 is 37.9 Å². The molecule has 7 aromatic rings. The summed E-state index contributed by atoms with van der Waals surface area (Å²) in [6.45, 7) is 17.9. The zero-order valence-corrected chi connectivity index (χ0v) is 83.9. The van der Waals surface area contributed by atoms with Crippen LogP contribution in [0.3, 0.4) is 0 Å². The van der Waals surface area contributed by atoms with Crippen molar-refractivity contribution in [2.75, 3.05) is 104 Å².